The van der Waals surface area contributed by atoms with Gasteiger partial charge in [0.1, 0.15) is 0 Å². The number of hydrogen-bond acceptors (Lipinski definition) is 1. The lowest BCUT2D eigenvalue weighted by atomic mass is 9.71. The van der Waals surface area contributed by atoms with Crippen LogP contribution in [-0.4, -0.2) is 11.2 Å². The topological polar surface area (TPSA) is 20.2 Å². The molecule has 3 unspecified atom stereocenters. The van der Waals surface area contributed by atoms with Crippen LogP contribution in [0, 0.1) is 17.8 Å². The molecular formula is C13H24O. The molecule has 0 aliphatic heterocycles. The van der Waals surface area contributed by atoms with Gasteiger partial charge in [0.25, 0.3) is 0 Å². The Morgan fingerprint density at radius 2 is 1.86 bits per heavy atom. The van der Waals surface area contributed by atoms with E-state index in [1.165, 1.54) is 44.9 Å². The molecule has 0 bridgehead atoms. The molecule has 2 aliphatic rings. The molecular weight excluding hydrogens is 172 g/mol. The highest BCUT2D eigenvalue weighted by Gasteiger charge is 2.31. The molecule has 0 aromatic rings. The van der Waals surface area contributed by atoms with Crippen LogP contribution in [0.1, 0.15) is 58.3 Å². The third-order valence-electron chi connectivity index (χ3n) is 4.49. The fraction of sp³-hybridized carbons (Fsp3) is 1.00. The van der Waals surface area contributed by atoms with Crippen molar-refractivity contribution in [2.24, 2.45) is 17.8 Å². The zero-order valence-electron chi connectivity index (χ0n) is 9.41. The van der Waals surface area contributed by atoms with Gasteiger partial charge in [0.15, 0.2) is 0 Å². The predicted octanol–water partition coefficient (Wildman–Crippen LogP) is 3.36. The van der Waals surface area contributed by atoms with Crippen molar-refractivity contribution in [2.75, 3.05) is 0 Å². The third-order valence-corrected chi connectivity index (χ3v) is 4.49. The minimum Gasteiger partial charge on any atom is -0.393 e. The standard InChI is InChI=1S/C13H24O/c1-2-10-6-7-13(14)12(8-10)9-11-4-3-5-11/h10-14H,2-9H2,1H3. The van der Waals surface area contributed by atoms with Gasteiger partial charge in [-0.15, -0.1) is 0 Å². The van der Waals surface area contributed by atoms with Crippen molar-refractivity contribution >= 4 is 0 Å². The van der Waals surface area contributed by atoms with E-state index >= 15 is 0 Å². The van der Waals surface area contributed by atoms with E-state index in [1.54, 1.807) is 0 Å². The molecule has 1 N–H and O–H groups in total. The minimum atomic E-state index is 0.0263. The smallest absolute Gasteiger partial charge is 0.0568 e. The molecule has 2 saturated carbocycles. The monoisotopic (exact) mass is 196 g/mol. The predicted molar refractivity (Wildman–Crippen MR) is 59.1 cm³/mol. The number of aliphatic hydroxyl groups is 1. The first-order valence-electron chi connectivity index (χ1n) is 6.47. The van der Waals surface area contributed by atoms with Crippen LogP contribution in [0.3, 0.4) is 0 Å². The van der Waals surface area contributed by atoms with E-state index in [0.29, 0.717) is 5.92 Å². The highest BCUT2D eigenvalue weighted by molar-refractivity contribution is 4.83. The molecule has 0 saturated heterocycles. The average molecular weight is 196 g/mol. The fourth-order valence-electron chi connectivity index (χ4n) is 3.13. The van der Waals surface area contributed by atoms with Gasteiger partial charge in [0, 0.05) is 0 Å². The van der Waals surface area contributed by atoms with Crippen LogP contribution >= 0.6 is 0 Å². The lowest BCUT2D eigenvalue weighted by Crippen LogP contribution is -2.31. The van der Waals surface area contributed by atoms with Gasteiger partial charge in [-0.2, -0.15) is 0 Å². The van der Waals surface area contributed by atoms with E-state index in [4.69, 9.17) is 0 Å². The Hall–Kier alpha value is -0.0400. The van der Waals surface area contributed by atoms with Crippen molar-refractivity contribution < 1.29 is 5.11 Å². The van der Waals surface area contributed by atoms with Crippen molar-refractivity contribution in [1.82, 2.24) is 0 Å². The van der Waals surface area contributed by atoms with Gasteiger partial charge in [0.2, 0.25) is 0 Å². The van der Waals surface area contributed by atoms with Crippen LogP contribution in [0.15, 0.2) is 0 Å². The molecule has 1 nitrogen and oxygen atoms in total. The summed E-state index contributed by atoms with van der Waals surface area (Å²) in [6.07, 6.45) is 10.6. The van der Waals surface area contributed by atoms with Crippen LogP contribution in [0.25, 0.3) is 0 Å². The quantitative estimate of drug-likeness (QED) is 0.734. The first kappa shape index (κ1) is 10.5. The molecule has 0 spiro atoms. The molecule has 0 heterocycles. The van der Waals surface area contributed by atoms with E-state index in [1.807, 2.05) is 0 Å². The third kappa shape index (κ3) is 2.31. The summed E-state index contributed by atoms with van der Waals surface area (Å²) in [5.41, 5.74) is 0. The van der Waals surface area contributed by atoms with Gasteiger partial charge in [0.05, 0.1) is 6.10 Å². The zero-order chi connectivity index (χ0) is 9.97. The maximum Gasteiger partial charge on any atom is 0.0568 e. The van der Waals surface area contributed by atoms with E-state index in [-0.39, 0.29) is 6.10 Å². The Morgan fingerprint density at radius 1 is 1.07 bits per heavy atom. The molecule has 0 radical (unpaired) electrons. The second kappa shape index (κ2) is 4.65. The Kier molecular flexibility index (Phi) is 3.48. The zero-order valence-corrected chi connectivity index (χ0v) is 9.41. The summed E-state index contributed by atoms with van der Waals surface area (Å²) in [5.74, 6) is 2.51. The second-order valence-corrected chi connectivity index (χ2v) is 5.45. The molecule has 3 atom stereocenters. The van der Waals surface area contributed by atoms with E-state index < -0.39 is 0 Å². The van der Waals surface area contributed by atoms with Gasteiger partial charge < -0.3 is 5.11 Å². The second-order valence-electron chi connectivity index (χ2n) is 5.45. The minimum absolute atomic E-state index is 0.0263. The molecule has 2 rings (SSSR count). The SMILES string of the molecule is CCC1CCC(O)C(CC2CCC2)C1. The van der Waals surface area contributed by atoms with E-state index in [0.717, 1.165) is 18.3 Å². The summed E-state index contributed by atoms with van der Waals surface area (Å²) in [5, 5.41) is 9.95. The van der Waals surface area contributed by atoms with E-state index in [2.05, 4.69) is 6.92 Å². The maximum absolute atomic E-state index is 9.95. The molecule has 2 fully saturated rings. The lowest BCUT2D eigenvalue weighted by Gasteiger charge is -2.37. The first-order chi connectivity index (χ1) is 6.79. The highest BCUT2D eigenvalue weighted by Crippen LogP contribution is 2.39. The Morgan fingerprint density at radius 3 is 2.43 bits per heavy atom. The molecule has 0 amide bonds. The van der Waals surface area contributed by atoms with Crippen LogP contribution in [-0.2, 0) is 0 Å². The molecule has 0 aromatic carbocycles. The highest BCUT2D eigenvalue weighted by atomic mass is 16.3. The van der Waals surface area contributed by atoms with Crippen molar-refractivity contribution in [1.29, 1.82) is 0 Å². The van der Waals surface area contributed by atoms with Gasteiger partial charge in [-0.3, -0.25) is 0 Å². The molecule has 0 aromatic heterocycles. The Bertz CT molecular complexity index is 172. The molecule has 82 valence electrons. The Balaban J connectivity index is 1.80. The lowest BCUT2D eigenvalue weighted by molar-refractivity contribution is 0.0270. The summed E-state index contributed by atoms with van der Waals surface area (Å²) < 4.78 is 0. The summed E-state index contributed by atoms with van der Waals surface area (Å²) in [6.45, 7) is 2.29. The molecule has 14 heavy (non-hydrogen) atoms. The van der Waals surface area contributed by atoms with Crippen LogP contribution < -0.4 is 0 Å². The number of rotatable bonds is 3. The maximum atomic E-state index is 9.95. The van der Waals surface area contributed by atoms with Crippen LogP contribution in [0.2, 0.25) is 0 Å². The van der Waals surface area contributed by atoms with Gasteiger partial charge in [-0.05, 0) is 43.4 Å². The van der Waals surface area contributed by atoms with Crippen LogP contribution in [0.5, 0.6) is 0 Å². The van der Waals surface area contributed by atoms with Gasteiger partial charge >= 0.3 is 0 Å². The van der Waals surface area contributed by atoms with Gasteiger partial charge in [-0.1, -0.05) is 32.6 Å². The molecule has 2 aliphatic carbocycles. The summed E-state index contributed by atoms with van der Waals surface area (Å²) in [4.78, 5) is 0. The van der Waals surface area contributed by atoms with Gasteiger partial charge in [-0.25, -0.2) is 0 Å². The summed E-state index contributed by atoms with van der Waals surface area (Å²) in [6, 6.07) is 0. The fourth-order valence-corrected chi connectivity index (χ4v) is 3.13. The largest absolute Gasteiger partial charge is 0.393 e. The molecule has 1 heteroatoms. The van der Waals surface area contributed by atoms with Crippen molar-refractivity contribution in [3.63, 3.8) is 0 Å². The van der Waals surface area contributed by atoms with Crippen molar-refractivity contribution in [3.8, 4) is 0 Å². The summed E-state index contributed by atoms with van der Waals surface area (Å²) >= 11 is 0. The first-order valence-corrected chi connectivity index (χ1v) is 6.47. The summed E-state index contributed by atoms with van der Waals surface area (Å²) in [7, 11) is 0. The van der Waals surface area contributed by atoms with Crippen molar-refractivity contribution in [2.45, 2.75) is 64.4 Å². The number of aliphatic hydroxyl groups excluding tert-OH is 1. The van der Waals surface area contributed by atoms with Crippen molar-refractivity contribution in [3.05, 3.63) is 0 Å². The van der Waals surface area contributed by atoms with Crippen LogP contribution in [0.4, 0.5) is 0 Å². The van der Waals surface area contributed by atoms with E-state index in [9.17, 15) is 5.11 Å². The normalized spacial score (nSPS) is 39.4. The number of hydrogen-bond donors (Lipinski definition) is 1. The Labute approximate surface area is 87.9 Å². The average Bonchev–Trinajstić information content (AvgIpc) is 2.14.